The van der Waals surface area contributed by atoms with Crippen molar-refractivity contribution in [3.8, 4) is 0 Å². The first-order chi connectivity index (χ1) is 7.88. The van der Waals surface area contributed by atoms with Crippen LogP contribution in [0.15, 0.2) is 18.3 Å². The highest BCUT2D eigenvalue weighted by atomic mass is 32.2. The van der Waals surface area contributed by atoms with Crippen LogP contribution in [0.3, 0.4) is 0 Å². The van der Waals surface area contributed by atoms with Gasteiger partial charge >= 0.3 is 5.97 Å². The molecule has 1 heterocycles. The molecule has 7 nitrogen and oxygen atoms in total. The van der Waals surface area contributed by atoms with Gasteiger partial charge < -0.3 is 10.4 Å². The summed E-state index contributed by atoms with van der Waals surface area (Å²) in [5.74, 6) is -1.09. The van der Waals surface area contributed by atoms with Crippen molar-refractivity contribution in [1.29, 1.82) is 0 Å². The number of carboxylic acid groups (broad SMARTS) is 1. The van der Waals surface area contributed by atoms with Gasteiger partial charge in [0.25, 0.3) is 0 Å². The number of rotatable bonds is 6. The molecule has 1 aromatic rings. The molecule has 0 aliphatic carbocycles. The zero-order valence-corrected chi connectivity index (χ0v) is 9.99. The maximum atomic E-state index is 10.7. The fourth-order valence-corrected chi connectivity index (χ4v) is 1.54. The van der Waals surface area contributed by atoms with E-state index in [-0.39, 0.29) is 12.2 Å². The molecule has 94 valence electrons. The van der Waals surface area contributed by atoms with Crippen molar-refractivity contribution in [3.63, 3.8) is 0 Å². The topological polar surface area (TPSA) is 108 Å². The molecule has 17 heavy (non-hydrogen) atoms. The van der Waals surface area contributed by atoms with Crippen LogP contribution in [0.5, 0.6) is 0 Å². The van der Waals surface area contributed by atoms with E-state index in [0.717, 1.165) is 6.26 Å². The van der Waals surface area contributed by atoms with Gasteiger partial charge in [-0.1, -0.05) is 0 Å². The van der Waals surface area contributed by atoms with Crippen molar-refractivity contribution in [3.05, 3.63) is 24.0 Å². The maximum absolute atomic E-state index is 10.7. The van der Waals surface area contributed by atoms with Crippen LogP contribution >= 0.6 is 0 Å². The molecule has 0 aliphatic heterocycles. The summed E-state index contributed by atoms with van der Waals surface area (Å²) in [5.41, 5.74) is 0.593. The van der Waals surface area contributed by atoms with E-state index >= 15 is 0 Å². The lowest BCUT2D eigenvalue weighted by molar-refractivity contribution is 0.0690. The number of hydrogen-bond acceptors (Lipinski definition) is 5. The van der Waals surface area contributed by atoms with Gasteiger partial charge in [0, 0.05) is 13.1 Å². The first kappa shape index (κ1) is 13.4. The van der Waals surface area contributed by atoms with E-state index in [9.17, 15) is 13.2 Å². The van der Waals surface area contributed by atoms with Crippen LogP contribution < -0.4 is 10.0 Å². The highest BCUT2D eigenvalue weighted by Gasteiger charge is 2.03. The van der Waals surface area contributed by atoms with Gasteiger partial charge in [-0.2, -0.15) is 0 Å². The third kappa shape index (κ3) is 5.27. The second-order valence-corrected chi connectivity index (χ2v) is 5.16. The largest absolute Gasteiger partial charge is 0.477 e. The molecule has 0 atom stereocenters. The van der Waals surface area contributed by atoms with Gasteiger partial charge in [-0.15, -0.1) is 0 Å². The van der Waals surface area contributed by atoms with Crippen molar-refractivity contribution >= 4 is 21.7 Å². The lowest BCUT2D eigenvalue weighted by atomic mass is 10.3. The highest BCUT2D eigenvalue weighted by Crippen LogP contribution is 2.05. The Kier molecular flexibility index (Phi) is 4.41. The van der Waals surface area contributed by atoms with E-state index in [1.54, 1.807) is 6.07 Å². The van der Waals surface area contributed by atoms with Crippen LogP contribution in [0.25, 0.3) is 0 Å². The van der Waals surface area contributed by atoms with E-state index in [4.69, 9.17) is 5.11 Å². The van der Waals surface area contributed by atoms with E-state index in [2.05, 4.69) is 15.0 Å². The number of carboxylic acids is 1. The molecular formula is C9H13N3O4S. The summed E-state index contributed by atoms with van der Waals surface area (Å²) in [7, 11) is -3.18. The van der Waals surface area contributed by atoms with Gasteiger partial charge in [0.2, 0.25) is 10.0 Å². The molecule has 0 spiro atoms. The summed E-state index contributed by atoms with van der Waals surface area (Å²) in [6.07, 6.45) is 2.46. The second kappa shape index (κ2) is 5.60. The second-order valence-electron chi connectivity index (χ2n) is 3.33. The number of carbonyl (C=O) groups is 1. The molecule has 0 aromatic carbocycles. The number of anilines is 1. The van der Waals surface area contributed by atoms with Gasteiger partial charge in [0.1, 0.15) is 5.69 Å². The normalized spacial score (nSPS) is 11.1. The Bertz CT molecular complexity index is 483. The highest BCUT2D eigenvalue weighted by molar-refractivity contribution is 7.88. The smallest absolute Gasteiger partial charge is 0.354 e. The number of nitrogens with one attached hydrogen (secondary N) is 2. The zero-order chi connectivity index (χ0) is 12.9. The zero-order valence-electron chi connectivity index (χ0n) is 9.17. The Morgan fingerprint density at radius 3 is 2.59 bits per heavy atom. The third-order valence-electron chi connectivity index (χ3n) is 1.80. The minimum absolute atomic E-state index is 0.0372. The Labute approximate surface area is 98.9 Å². The number of nitrogens with zero attached hydrogens (tertiary/aromatic N) is 1. The lowest BCUT2D eigenvalue weighted by Gasteiger charge is -2.06. The van der Waals surface area contributed by atoms with Crippen molar-refractivity contribution in [1.82, 2.24) is 9.71 Å². The van der Waals surface area contributed by atoms with Crippen LogP contribution in [0.4, 0.5) is 5.69 Å². The maximum Gasteiger partial charge on any atom is 0.354 e. The van der Waals surface area contributed by atoms with Crippen LogP contribution in [0.1, 0.15) is 10.5 Å². The number of pyridine rings is 1. The average molecular weight is 259 g/mol. The third-order valence-corrected chi connectivity index (χ3v) is 2.53. The van der Waals surface area contributed by atoms with Crippen LogP contribution in [-0.4, -0.2) is 43.8 Å². The monoisotopic (exact) mass is 259 g/mol. The predicted octanol–water partition coefficient (Wildman–Crippen LogP) is -0.259. The van der Waals surface area contributed by atoms with E-state index in [1.807, 2.05) is 0 Å². The Morgan fingerprint density at radius 2 is 2.12 bits per heavy atom. The van der Waals surface area contributed by atoms with Crippen LogP contribution in [0, 0.1) is 0 Å². The number of aromatic carboxylic acids is 1. The molecule has 0 amide bonds. The Morgan fingerprint density at radius 1 is 1.41 bits per heavy atom. The van der Waals surface area contributed by atoms with E-state index < -0.39 is 16.0 Å². The SMILES string of the molecule is CS(=O)(=O)NCCNc1ccc(C(=O)O)nc1. The number of sulfonamides is 1. The standard InChI is InChI=1S/C9H13N3O4S/c1-17(15,16)12-5-4-10-7-2-3-8(9(13)14)11-6-7/h2-3,6,10,12H,4-5H2,1H3,(H,13,14). The number of aromatic nitrogens is 1. The summed E-state index contributed by atoms with van der Waals surface area (Å²) in [6.45, 7) is 0.640. The lowest BCUT2D eigenvalue weighted by Crippen LogP contribution is -2.27. The van der Waals surface area contributed by atoms with Gasteiger partial charge in [-0.3, -0.25) is 0 Å². The summed E-state index contributed by atoms with van der Waals surface area (Å²) in [6, 6.07) is 2.94. The minimum atomic E-state index is -3.18. The predicted molar refractivity (Wildman–Crippen MR) is 62.5 cm³/mol. The Hall–Kier alpha value is -1.67. The van der Waals surface area contributed by atoms with E-state index in [0.29, 0.717) is 12.2 Å². The summed E-state index contributed by atoms with van der Waals surface area (Å²) in [5, 5.41) is 11.5. The number of hydrogen-bond donors (Lipinski definition) is 3. The quantitative estimate of drug-likeness (QED) is 0.607. The van der Waals surface area contributed by atoms with Crippen LogP contribution in [0.2, 0.25) is 0 Å². The summed E-state index contributed by atoms with van der Waals surface area (Å²) >= 11 is 0. The van der Waals surface area contributed by atoms with Crippen molar-refractivity contribution in [2.45, 2.75) is 0 Å². The van der Waals surface area contributed by atoms with Crippen molar-refractivity contribution < 1.29 is 18.3 Å². The molecule has 0 fully saturated rings. The van der Waals surface area contributed by atoms with Gasteiger partial charge in [-0.25, -0.2) is 22.9 Å². The molecule has 0 bridgehead atoms. The molecule has 0 aliphatic rings. The first-order valence-electron chi connectivity index (χ1n) is 4.76. The fourth-order valence-electron chi connectivity index (χ4n) is 1.07. The first-order valence-corrected chi connectivity index (χ1v) is 6.65. The molecule has 0 radical (unpaired) electrons. The van der Waals surface area contributed by atoms with Crippen molar-refractivity contribution in [2.75, 3.05) is 24.7 Å². The summed E-state index contributed by atoms with van der Waals surface area (Å²) in [4.78, 5) is 14.2. The molecule has 3 N–H and O–H groups in total. The molecule has 1 aromatic heterocycles. The Balaban J connectivity index is 2.40. The summed E-state index contributed by atoms with van der Waals surface area (Å²) < 4.78 is 23.8. The van der Waals surface area contributed by atoms with E-state index in [1.165, 1.54) is 12.3 Å². The molecule has 0 saturated carbocycles. The molecule has 0 saturated heterocycles. The average Bonchev–Trinajstić information content (AvgIpc) is 2.24. The van der Waals surface area contributed by atoms with Gasteiger partial charge in [0.15, 0.2) is 0 Å². The fraction of sp³-hybridized carbons (Fsp3) is 0.333. The molecule has 0 unspecified atom stereocenters. The molecule has 1 rings (SSSR count). The molecule has 8 heteroatoms. The molecular weight excluding hydrogens is 246 g/mol. The van der Waals surface area contributed by atoms with Crippen molar-refractivity contribution in [2.24, 2.45) is 0 Å². The minimum Gasteiger partial charge on any atom is -0.477 e. The van der Waals surface area contributed by atoms with Crippen LogP contribution in [-0.2, 0) is 10.0 Å². The van der Waals surface area contributed by atoms with Gasteiger partial charge in [0.05, 0.1) is 18.1 Å². The van der Waals surface area contributed by atoms with Gasteiger partial charge in [-0.05, 0) is 12.1 Å².